The van der Waals surface area contributed by atoms with Crippen molar-refractivity contribution in [3.63, 3.8) is 0 Å². The van der Waals surface area contributed by atoms with E-state index in [1.807, 2.05) is 0 Å². The third-order valence-electron chi connectivity index (χ3n) is 1.76. The van der Waals surface area contributed by atoms with E-state index in [9.17, 15) is 9.59 Å². The Balaban J connectivity index is 3.07. The average Bonchev–Trinajstić information content (AvgIpc) is 2.15. The molecule has 0 aliphatic heterocycles. The number of halogens is 1. The summed E-state index contributed by atoms with van der Waals surface area (Å²) in [6.07, 6.45) is 3.63. The van der Waals surface area contributed by atoms with E-state index in [2.05, 4.69) is 0 Å². The molecule has 72 valence electrons. The minimum Gasteiger partial charge on any atom is -0.299 e. The smallest absolute Gasteiger partial charge is 0.159 e. The Labute approximate surface area is 87.2 Å². The Morgan fingerprint density at radius 1 is 1.43 bits per heavy atom. The van der Waals surface area contributed by atoms with Crippen molar-refractivity contribution in [2.45, 2.75) is 6.92 Å². The van der Waals surface area contributed by atoms with Gasteiger partial charge in [0.2, 0.25) is 0 Å². The minimum absolute atomic E-state index is 0.0298. The van der Waals surface area contributed by atoms with Crippen LogP contribution >= 0.6 is 11.6 Å². The van der Waals surface area contributed by atoms with E-state index in [4.69, 9.17) is 11.6 Å². The molecule has 0 radical (unpaired) electrons. The molecule has 1 aromatic carbocycles. The molecule has 0 unspecified atom stereocenters. The molecule has 0 spiro atoms. The molecule has 0 saturated heterocycles. The molecule has 0 N–H and O–H groups in total. The van der Waals surface area contributed by atoms with Crippen molar-refractivity contribution in [3.8, 4) is 0 Å². The van der Waals surface area contributed by atoms with E-state index in [1.165, 1.54) is 13.0 Å². The third kappa shape index (κ3) is 2.54. The summed E-state index contributed by atoms with van der Waals surface area (Å²) in [5.74, 6) is -0.0298. The van der Waals surface area contributed by atoms with Crippen LogP contribution in [0.2, 0.25) is 5.02 Å². The minimum atomic E-state index is -0.0298. The lowest BCUT2D eigenvalue weighted by atomic mass is 10.1. The molecule has 2 nitrogen and oxygen atoms in total. The van der Waals surface area contributed by atoms with Crippen LogP contribution in [-0.2, 0) is 4.79 Å². The van der Waals surface area contributed by atoms with Crippen molar-refractivity contribution < 1.29 is 9.59 Å². The summed E-state index contributed by atoms with van der Waals surface area (Å²) in [7, 11) is 0. The number of benzene rings is 1. The van der Waals surface area contributed by atoms with Crippen LogP contribution in [0.25, 0.3) is 6.08 Å². The number of rotatable bonds is 3. The van der Waals surface area contributed by atoms with Gasteiger partial charge in [-0.05, 0) is 24.6 Å². The summed E-state index contributed by atoms with van der Waals surface area (Å²) >= 11 is 5.89. The van der Waals surface area contributed by atoms with Crippen LogP contribution in [0.1, 0.15) is 22.8 Å². The molecule has 0 aliphatic rings. The number of aldehydes is 1. The molecular weight excluding hydrogens is 200 g/mol. The molecule has 0 bridgehead atoms. The normalized spacial score (nSPS) is 10.4. The summed E-state index contributed by atoms with van der Waals surface area (Å²) in [4.78, 5) is 21.1. The number of carbonyl (C=O) groups excluding carboxylic acids is 2. The van der Waals surface area contributed by atoms with E-state index in [0.29, 0.717) is 16.9 Å². The lowest BCUT2D eigenvalue weighted by molar-refractivity contribution is -0.104. The zero-order valence-corrected chi connectivity index (χ0v) is 8.41. The Morgan fingerprint density at radius 3 is 2.64 bits per heavy atom. The monoisotopic (exact) mass is 208 g/mol. The van der Waals surface area contributed by atoms with Crippen LogP contribution in [0.4, 0.5) is 0 Å². The van der Waals surface area contributed by atoms with E-state index in [0.717, 1.165) is 5.56 Å². The van der Waals surface area contributed by atoms with Gasteiger partial charge in [0, 0.05) is 10.6 Å². The highest BCUT2D eigenvalue weighted by molar-refractivity contribution is 6.32. The highest BCUT2D eigenvalue weighted by Gasteiger charge is 2.02. The molecule has 0 amide bonds. The van der Waals surface area contributed by atoms with Gasteiger partial charge >= 0.3 is 0 Å². The summed E-state index contributed by atoms with van der Waals surface area (Å²) in [6, 6.07) is 4.98. The van der Waals surface area contributed by atoms with Gasteiger partial charge in [-0.15, -0.1) is 0 Å². The van der Waals surface area contributed by atoms with Crippen LogP contribution in [0.15, 0.2) is 24.3 Å². The fraction of sp³-hybridized carbons (Fsp3) is 0.0909. The number of allylic oxidation sites excluding steroid dienone is 1. The summed E-state index contributed by atoms with van der Waals surface area (Å²) in [6.45, 7) is 1.48. The van der Waals surface area contributed by atoms with Gasteiger partial charge in [-0.2, -0.15) is 0 Å². The molecule has 0 aliphatic carbocycles. The molecule has 1 rings (SSSR count). The first-order valence-electron chi connectivity index (χ1n) is 4.07. The summed E-state index contributed by atoms with van der Waals surface area (Å²) in [5, 5.41) is 0.468. The molecule has 0 aromatic heterocycles. The van der Waals surface area contributed by atoms with Crippen molar-refractivity contribution in [1.82, 2.24) is 0 Å². The molecule has 0 fully saturated rings. The first kappa shape index (κ1) is 10.7. The van der Waals surface area contributed by atoms with Crippen LogP contribution in [-0.4, -0.2) is 12.1 Å². The first-order chi connectivity index (χ1) is 6.65. The summed E-state index contributed by atoms with van der Waals surface area (Å²) in [5.41, 5.74) is 1.29. The summed E-state index contributed by atoms with van der Waals surface area (Å²) < 4.78 is 0. The van der Waals surface area contributed by atoms with Crippen LogP contribution in [0.3, 0.4) is 0 Å². The average molecular weight is 209 g/mol. The molecule has 0 atom stereocenters. The van der Waals surface area contributed by atoms with Gasteiger partial charge in [-0.25, -0.2) is 0 Å². The quantitative estimate of drug-likeness (QED) is 0.435. The Hall–Kier alpha value is -1.41. The van der Waals surface area contributed by atoms with Gasteiger partial charge in [0.1, 0.15) is 6.29 Å². The largest absolute Gasteiger partial charge is 0.299 e. The van der Waals surface area contributed by atoms with Gasteiger partial charge < -0.3 is 0 Å². The zero-order valence-electron chi connectivity index (χ0n) is 7.66. The Morgan fingerprint density at radius 2 is 2.14 bits per heavy atom. The van der Waals surface area contributed by atoms with E-state index < -0.39 is 0 Å². The highest BCUT2D eigenvalue weighted by Crippen LogP contribution is 2.19. The molecule has 0 saturated carbocycles. The van der Waals surface area contributed by atoms with Gasteiger partial charge in [-0.1, -0.05) is 29.8 Å². The van der Waals surface area contributed by atoms with Crippen LogP contribution < -0.4 is 0 Å². The number of hydrogen-bond donors (Lipinski definition) is 0. The Bertz CT molecular complexity index is 394. The highest BCUT2D eigenvalue weighted by atomic mass is 35.5. The van der Waals surface area contributed by atoms with Crippen molar-refractivity contribution >= 4 is 29.7 Å². The Kier molecular flexibility index (Phi) is 3.60. The van der Waals surface area contributed by atoms with E-state index in [-0.39, 0.29) is 5.78 Å². The predicted molar refractivity (Wildman–Crippen MR) is 56.6 cm³/mol. The number of hydrogen-bond acceptors (Lipinski definition) is 2. The second kappa shape index (κ2) is 4.72. The molecule has 0 heterocycles. The van der Waals surface area contributed by atoms with Crippen molar-refractivity contribution in [3.05, 3.63) is 40.4 Å². The molecule has 3 heteroatoms. The maximum absolute atomic E-state index is 11.0. The lowest BCUT2D eigenvalue weighted by Gasteiger charge is -2.00. The number of carbonyl (C=O) groups is 2. The van der Waals surface area contributed by atoms with Crippen molar-refractivity contribution in [2.24, 2.45) is 0 Å². The number of Topliss-reactive ketones (excluding diaryl/α,β-unsaturated/α-hetero) is 1. The second-order valence-corrected chi connectivity index (χ2v) is 3.19. The zero-order chi connectivity index (χ0) is 10.6. The fourth-order valence-electron chi connectivity index (χ4n) is 1.02. The molecular formula is C11H9ClO2. The van der Waals surface area contributed by atoms with Crippen molar-refractivity contribution in [1.29, 1.82) is 0 Å². The maximum Gasteiger partial charge on any atom is 0.159 e. The van der Waals surface area contributed by atoms with Gasteiger partial charge in [-0.3, -0.25) is 9.59 Å². The SMILES string of the molecule is CC(=O)c1ccc(C=CC=O)c(Cl)c1. The standard InChI is InChI=1S/C11H9ClO2/c1-8(14)10-5-4-9(3-2-6-13)11(12)7-10/h2-7H,1H3. The van der Waals surface area contributed by atoms with Crippen LogP contribution in [0.5, 0.6) is 0 Å². The van der Waals surface area contributed by atoms with Gasteiger partial charge in [0.05, 0.1) is 0 Å². The second-order valence-electron chi connectivity index (χ2n) is 2.79. The topological polar surface area (TPSA) is 34.1 Å². The fourth-order valence-corrected chi connectivity index (χ4v) is 1.27. The van der Waals surface area contributed by atoms with E-state index >= 15 is 0 Å². The van der Waals surface area contributed by atoms with Gasteiger partial charge in [0.15, 0.2) is 5.78 Å². The van der Waals surface area contributed by atoms with Gasteiger partial charge in [0.25, 0.3) is 0 Å². The third-order valence-corrected chi connectivity index (χ3v) is 2.09. The lowest BCUT2D eigenvalue weighted by Crippen LogP contribution is -1.91. The first-order valence-corrected chi connectivity index (χ1v) is 4.45. The number of ketones is 1. The molecule has 14 heavy (non-hydrogen) atoms. The maximum atomic E-state index is 11.0. The molecule has 1 aromatic rings. The van der Waals surface area contributed by atoms with Crippen LogP contribution in [0, 0.1) is 0 Å². The van der Waals surface area contributed by atoms with Crippen molar-refractivity contribution in [2.75, 3.05) is 0 Å². The predicted octanol–water partition coefficient (Wildman–Crippen LogP) is 2.75. The van der Waals surface area contributed by atoms with E-state index in [1.54, 1.807) is 24.3 Å².